The Morgan fingerprint density at radius 2 is 2.00 bits per heavy atom. The van der Waals surface area contributed by atoms with Crippen LogP contribution >= 0.6 is 11.6 Å². The van der Waals surface area contributed by atoms with Crippen LogP contribution in [-0.2, 0) is 13.1 Å². The van der Waals surface area contributed by atoms with Gasteiger partial charge in [0.05, 0.1) is 23.1 Å². The Morgan fingerprint density at radius 1 is 1.25 bits per heavy atom. The molecule has 0 bridgehead atoms. The summed E-state index contributed by atoms with van der Waals surface area (Å²) in [4.78, 5) is 19.5. The maximum Gasteiger partial charge on any atom is 0.257 e. The fraction of sp³-hybridized carbons (Fsp3) is 0.364. The second kappa shape index (κ2) is 8.74. The lowest BCUT2D eigenvalue weighted by atomic mass is 10.1. The van der Waals surface area contributed by atoms with Gasteiger partial charge in [-0.25, -0.2) is 9.37 Å². The van der Waals surface area contributed by atoms with Gasteiger partial charge in [0.15, 0.2) is 0 Å². The molecule has 0 spiro atoms. The topological polar surface area (TPSA) is 38.1 Å². The molecule has 4 nitrogen and oxygen atoms in total. The van der Waals surface area contributed by atoms with E-state index >= 15 is 0 Å². The number of hydrogen-bond acceptors (Lipinski definition) is 2. The number of imidazole rings is 1. The predicted octanol–water partition coefficient (Wildman–Crippen LogP) is 5.54. The van der Waals surface area contributed by atoms with Crippen LogP contribution < -0.4 is 0 Å². The van der Waals surface area contributed by atoms with Gasteiger partial charge in [-0.1, -0.05) is 44.5 Å². The molecular weight excluding hydrogens is 377 g/mol. The van der Waals surface area contributed by atoms with E-state index in [9.17, 15) is 9.18 Å². The Hall–Kier alpha value is -2.40. The van der Waals surface area contributed by atoms with E-state index in [4.69, 9.17) is 16.6 Å². The van der Waals surface area contributed by atoms with Crippen LogP contribution in [0.15, 0.2) is 42.5 Å². The molecular formula is C22H25ClFN3O. The van der Waals surface area contributed by atoms with E-state index in [1.54, 1.807) is 17.0 Å². The number of aromatic nitrogens is 2. The molecule has 1 aromatic heterocycles. The number of rotatable bonds is 7. The number of halogens is 2. The molecule has 3 aromatic rings. The molecule has 3 rings (SSSR count). The number of carbonyl (C=O) groups is 1. The zero-order valence-corrected chi connectivity index (χ0v) is 17.2. The minimum absolute atomic E-state index is 0.0874. The smallest absolute Gasteiger partial charge is 0.257 e. The highest BCUT2D eigenvalue weighted by molar-refractivity contribution is 6.31. The predicted molar refractivity (Wildman–Crippen MR) is 111 cm³/mol. The molecule has 2 aromatic carbocycles. The molecule has 148 valence electrons. The lowest BCUT2D eigenvalue weighted by Gasteiger charge is -2.25. The zero-order chi connectivity index (χ0) is 20.3. The Bertz CT molecular complexity index is 983. The molecule has 0 aliphatic rings. The lowest BCUT2D eigenvalue weighted by molar-refractivity contribution is 0.0711. The molecule has 0 saturated heterocycles. The van der Waals surface area contributed by atoms with Gasteiger partial charge in [-0.05, 0) is 42.7 Å². The van der Waals surface area contributed by atoms with Crippen molar-refractivity contribution < 1.29 is 9.18 Å². The summed E-state index contributed by atoms with van der Waals surface area (Å²) in [7, 11) is 0. The van der Waals surface area contributed by atoms with E-state index in [0.717, 1.165) is 29.8 Å². The molecule has 28 heavy (non-hydrogen) atoms. The summed E-state index contributed by atoms with van der Waals surface area (Å²) in [5.74, 6) is 0.202. The molecule has 6 heteroatoms. The molecule has 0 saturated carbocycles. The SMILES string of the molecule is CCCn1c(CN(CC(C)C)C(=O)c2ccccc2F)nc2ccc(Cl)cc21. The van der Waals surface area contributed by atoms with E-state index < -0.39 is 5.82 Å². The number of carbonyl (C=O) groups excluding carboxylic acids is 1. The van der Waals surface area contributed by atoms with Crippen LogP contribution in [0.1, 0.15) is 43.4 Å². The Kier molecular flexibility index (Phi) is 6.35. The normalized spacial score (nSPS) is 11.4. The molecule has 1 amide bonds. The van der Waals surface area contributed by atoms with Gasteiger partial charge in [-0.2, -0.15) is 0 Å². The van der Waals surface area contributed by atoms with Crippen molar-refractivity contribution in [3.05, 3.63) is 64.7 Å². The number of aryl methyl sites for hydroxylation is 1. The number of amides is 1. The van der Waals surface area contributed by atoms with Crippen molar-refractivity contribution in [2.75, 3.05) is 6.54 Å². The summed E-state index contributed by atoms with van der Waals surface area (Å²) in [6, 6.07) is 11.7. The van der Waals surface area contributed by atoms with Crippen molar-refractivity contribution in [2.45, 2.75) is 40.3 Å². The average Bonchev–Trinajstić information content (AvgIpc) is 2.98. The van der Waals surface area contributed by atoms with Crippen molar-refractivity contribution in [1.29, 1.82) is 0 Å². The molecule has 0 fully saturated rings. The van der Waals surface area contributed by atoms with E-state index in [2.05, 4.69) is 11.5 Å². The number of hydrogen-bond donors (Lipinski definition) is 0. The fourth-order valence-corrected chi connectivity index (χ4v) is 3.54. The summed E-state index contributed by atoms with van der Waals surface area (Å²) < 4.78 is 16.3. The molecule has 0 unspecified atom stereocenters. The first-order chi connectivity index (χ1) is 13.4. The molecule has 0 radical (unpaired) electrons. The lowest BCUT2D eigenvalue weighted by Crippen LogP contribution is -2.35. The van der Waals surface area contributed by atoms with E-state index in [1.165, 1.54) is 12.1 Å². The minimum atomic E-state index is -0.505. The van der Waals surface area contributed by atoms with Gasteiger partial charge in [-0.15, -0.1) is 0 Å². The van der Waals surface area contributed by atoms with Crippen molar-refractivity contribution in [3.8, 4) is 0 Å². The number of nitrogens with zero attached hydrogens (tertiary/aromatic N) is 3. The largest absolute Gasteiger partial charge is 0.331 e. The van der Waals surface area contributed by atoms with Crippen LogP contribution in [0.4, 0.5) is 4.39 Å². The van der Waals surface area contributed by atoms with Gasteiger partial charge in [0, 0.05) is 18.1 Å². The summed E-state index contributed by atoms with van der Waals surface area (Å²) in [6.45, 7) is 7.78. The zero-order valence-electron chi connectivity index (χ0n) is 16.5. The highest BCUT2D eigenvalue weighted by atomic mass is 35.5. The highest BCUT2D eigenvalue weighted by Crippen LogP contribution is 2.23. The van der Waals surface area contributed by atoms with Gasteiger partial charge in [-0.3, -0.25) is 4.79 Å². The van der Waals surface area contributed by atoms with E-state index in [1.807, 2.05) is 32.0 Å². The summed E-state index contributed by atoms with van der Waals surface area (Å²) in [5.41, 5.74) is 1.88. The molecule has 0 atom stereocenters. The van der Waals surface area contributed by atoms with Crippen LogP contribution in [-0.4, -0.2) is 26.9 Å². The minimum Gasteiger partial charge on any atom is -0.331 e. The Labute approximate surface area is 169 Å². The van der Waals surface area contributed by atoms with Crippen molar-refractivity contribution >= 4 is 28.5 Å². The van der Waals surface area contributed by atoms with Gasteiger partial charge in [0.2, 0.25) is 0 Å². The summed E-state index contributed by atoms with van der Waals surface area (Å²) in [6.07, 6.45) is 0.927. The van der Waals surface area contributed by atoms with Crippen LogP contribution in [0.5, 0.6) is 0 Å². The first-order valence-electron chi connectivity index (χ1n) is 9.59. The second-order valence-corrected chi connectivity index (χ2v) is 7.81. The van der Waals surface area contributed by atoms with E-state index in [0.29, 0.717) is 18.1 Å². The first kappa shape index (κ1) is 20.3. The third-order valence-corrected chi connectivity index (χ3v) is 4.78. The monoisotopic (exact) mass is 401 g/mol. The van der Waals surface area contributed by atoms with Crippen LogP contribution in [0, 0.1) is 11.7 Å². The van der Waals surface area contributed by atoms with Gasteiger partial charge in [0.1, 0.15) is 11.6 Å². The second-order valence-electron chi connectivity index (χ2n) is 7.37. The third-order valence-electron chi connectivity index (χ3n) is 4.55. The Balaban J connectivity index is 2.00. The third kappa shape index (κ3) is 4.36. The summed E-state index contributed by atoms with van der Waals surface area (Å²) in [5, 5.41) is 0.651. The van der Waals surface area contributed by atoms with Crippen molar-refractivity contribution in [1.82, 2.24) is 14.5 Å². The maximum absolute atomic E-state index is 14.2. The van der Waals surface area contributed by atoms with Crippen LogP contribution in [0.2, 0.25) is 5.02 Å². The van der Waals surface area contributed by atoms with Gasteiger partial charge in [0.25, 0.3) is 5.91 Å². The molecule has 1 heterocycles. The van der Waals surface area contributed by atoms with Gasteiger partial charge >= 0.3 is 0 Å². The molecule has 0 N–H and O–H groups in total. The molecule has 0 aliphatic heterocycles. The number of benzene rings is 2. The first-order valence-corrected chi connectivity index (χ1v) is 9.97. The quantitative estimate of drug-likeness (QED) is 0.521. The van der Waals surface area contributed by atoms with E-state index in [-0.39, 0.29) is 17.4 Å². The summed E-state index contributed by atoms with van der Waals surface area (Å²) >= 11 is 6.18. The van der Waals surface area contributed by atoms with Gasteiger partial charge < -0.3 is 9.47 Å². The van der Waals surface area contributed by atoms with Crippen molar-refractivity contribution in [2.24, 2.45) is 5.92 Å². The maximum atomic E-state index is 14.2. The number of fused-ring (bicyclic) bond motifs is 1. The van der Waals surface area contributed by atoms with Crippen LogP contribution in [0.3, 0.4) is 0 Å². The average molecular weight is 402 g/mol. The van der Waals surface area contributed by atoms with Crippen molar-refractivity contribution in [3.63, 3.8) is 0 Å². The van der Waals surface area contributed by atoms with Crippen LogP contribution in [0.25, 0.3) is 11.0 Å². The Morgan fingerprint density at radius 3 is 2.68 bits per heavy atom. The molecule has 0 aliphatic carbocycles. The fourth-order valence-electron chi connectivity index (χ4n) is 3.38. The standard InChI is InChI=1S/C22H25ClFN3O/c1-4-11-27-20-12-16(23)9-10-19(20)25-21(27)14-26(13-15(2)3)22(28)17-7-5-6-8-18(17)24/h5-10,12,15H,4,11,13-14H2,1-3H3. The highest BCUT2D eigenvalue weighted by Gasteiger charge is 2.23.